The minimum atomic E-state index is 0.700. The predicted octanol–water partition coefficient (Wildman–Crippen LogP) is 4.01. The maximum absolute atomic E-state index is 5.63. The van der Waals surface area contributed by atoms with Gasteiger partial charge in [0.2, 0.25) is 0 Å². The van der Waals surface area contributed by atoms with E-state index in [-0.39, 0.29) is 0 Å². The lowest BCUT2D eigenvalue weighted by Crippen LogP contribution is -1.98. The van der Waals surface area contributed by atoms with Crippen molar-refractivity contribution < 1.29 is 4.74 Å². The normalized spacial score (nSPS) is 10.7. The number of benzene rings is 1. The van der Waals surface area contributed by atoms with E-state index in [2.05, 4.69) is 36.4 Å². The highest BCUT2D eigenvalue weighted by atomic mass is 16.5. The number of rotatable bonds is 5. The topological polar surface area (TPSA) is 14.2 Å². The van der Waals surface area contributed by atoms with Gasteiger partial charge in [-0.15, -0.1) is 0 Å². The van der Waals surface area contributed by atoms with Crippen molar-refractivity contribution in [3.05, 3.63) is 42.6 Å². The number of hydrogen-bond donors (Lipinski definition) is 0. The van der Waals surface area contributed by atoms with Crippen LogP contribution in [0.3, 0.4) is 0 Å². The predicted molar refractivity (Wildman–Crippen MR) is 72.5 cm³/mol. The molecule has 17 heavy (non-hydrogen) atoms. The summed E-state index contributed by atoms with van der Waals surface area (Å²) in [5.74, 6) is 0.964. The molecular weight excluding hydrogens is 210 g/mol. The molecule has 2 heteroatoms. The first-order chi connectivity index (χ1) is 8.26. The Hall–Kier alpha value is -1.70. The van der Waals surface area contributed by atoms with Crippen LogP contribution in [-0.2, 0) is 6.54 Å². The van der Waals surface area contributed by atoms with Gasteiger partial charge in [0.25, 0.3) is 0 Å². The van der Waals surface area contributed by atoms with Crippen molar-refractivity contribution in [2.45, 2.75) is 26.8 Å². The molecule has 0 bridgehead atoms. The van der Waals surface area contributed by atoms with Crippen LogP contribution in [0.5, 0.6) is 5.75 Å². The highest BCUT2D eigenvalue weighted by molar-refractivity contribution is 5.86. The highest BCUT2D eigenvalue weighted by Gasteiger charge is 2.06. The number of ether oxygens (including phenoxy) is 1. The largest absolute Gasteiger partial charge is 0.493 e. The molecule has 0 unspecified atom stereocenters. The lowest BCUT2D eigenvalue weighted by molar-refractivity contribution is 0.344. The van der Waals surface area contributed by atoms with E-state index in [1.165, 1.54) is 16.5 Å². The molecule has 0 saturated heterocycles. The van der Waals surface area contributed by atoms with E-state index in [9.17, 15) is 0 Å². The summed E-state index contributed by atoms with van der Waals surface area (Å²) in [5.41, 5.74) is 2.45. The van der Waals surface area contributed by atoms with E-state index < -0.39 is 0 Å². The van der Waals surface area contributed by atoms with Crippen LogP contribution < -0.4 is 4.74 Å². The van der Waals surface area contributed by atoms with Crippen LogP contribution in [0.2, 0.25) is 0 Å². The van der Waals surface area contributed by atoms with Crippen LogP contribution in [0.25, 0.3) is 10.9 Å². The fourth-order valence-electron chi connectivity index (χ4n) is 1.97. The first-order valence-electron chi connectivity index (χ1n) is 6.13. The van der Waals surface area contributed by atoms with Crippen LogP contribution in [-0.4, -0.2) is 11.2 Å². The molecule has 0 aliphatic heterocycles. The molecule has 0 N–H and O–H groups in total. The van der Waals surface area contributed by atoms with Gasteiger partial charge in [-0.05, 0) is 31.5 Å². The Kier molecular flexibility index (Phi) is 3.52. The van der Waals surface area contributed by atoms with Gasteiger partial charge >= 0.3 is 0 Å². The van der Waals surface area contributed by atoms with E-state index in [1.54, 1.807) is 0 Å². The van der Waals surface area contributed by atoms with Crippen LogP contribution >= 0.6 is 0 Å². The summed E-state index contributed by atoms with van der Waals surface area (Å²) in [6, 6.07) is 8.30. The quantitative estimate of drug-likeness (QED) is 0.707. The third-order valence-corrected chi connectivity index (χ3v) is 2.97. The molecule has 2 nitrogen and oxygen atoms in total. The smallest absolute Gasteiger partial charge is 0.128 e. The molecule has 2 rings (SSSR count). The van der Waals surface area contributed by atoms with Crippen molar-refractivity contribution in [3.8, 4) is 5.75 Å². The van der Waals surface area contributed by atoms with Crippen LogP contribution in [0.15, 0.2) is 42.6 Å². The van der Waals surface area contributed by atoms with Crippen LogP contribution in [0.1, 0.15) is 20.3 Å². The fraction of sp³-hybridized carbons (Fsp3) is 0.333. The maximum Gasteiger partial charge on any atom is 0.128 e. The molecule has 0 saturated carbocycles. The summed E-state index contributed by atoms with van der Waals surface area (Å²) >= 11 is 0. The van der Waals surface area contributed by atoms with Crippen molar-refractivity contribution in [2.24, 2.45) is 0 Å². The molecule has 0 aliphatic carbocycles. The monoisotopic (exact) mass is 229 g/mol. The molecule has 90 valence electrons. The Bertz CT molecular complexity index is 525. The zero-order valence-electron chi connectivity index (χ0n) is 10.6. The molecule has 1 aromatic carbocycles. The Morgan fingerprint density at radius 1 is 1.29 bits per heavy atom. The molecular formula is C15H19NO. The first kappa shape index (κ1) is 11.8. The van der Waals surface area contributed by atoms with Crippen LogP contribution in [0, 0.1) is 0 Å². The lowest BCUT2D eigenvalue weighted by Gasteiger charge is -2.08. The summed E-state index contributed by atoms with van der Waals surface area (Å²) in [6.07, 6.45) is 3.12. The molecule has 0 fully saturated rings. The Morgan fingerprint density at radius 3 is 2.82 bits per heavy atom. The average Bonchev–Trinajstić information content (AvgIpc) is 2.74. The lowest BCUT2D eigenvalue weighted by atomic mass is 10.2. The summed E-state index contributed by atoms with van der Waals surface area (Å²) in [5, 5.41) is 1.18. The number of fused-ring (bicyclic) bond motifs is 1. The molecule has 0 atom stereocenters. The van der Waals surface area contributed by atoms with E-state index in [0.717, 1.165) is 18.7 Å². The average molecular weight is 229 g/mol. The SMILES string of the molecule is C=C(CC)Cn1ccc2c(OCC)cccc21. The van der Waals surface area contributed by atoms with Gasteiger partial charge in [-0.3, -0.25) is 0 Å². The Balaban J connectivity index is 2.40. The van der Waals surface area contributed by atoms with E-state index in [0.29, 0.717) is 6.61 Å². The first-order valence-corrected chi connectivity index (χ1v) is 6.13. The summed E-state index contributed by atoms with van der Waals surface area (Å²) in [4.78, 5) is 0. The molecule has 2 aromatic rings. The van der Waals surface area contributed by atoms with Crippen molar-refractivity contribution in [2.75, 3.05) is 6.61 Å². The molecule has 0 amide bonds. The second-order valence-corrected chi connectivity index (χ2v) is 4.17. The van der Waals surface area contributed by atoms with Gasteiger partial charge in [-0.2, -0.15) is 0 Å². The number of allylic oxidation sites excluding steroid dienone is 1. The van der Waals surface area contributed by atoms with Crippen molar-refractivity contribution in [1.82, 2.24) is 4.57 Å². The zero-order chi connectivity index (χ0) is 12.3. The van der Waals surface area contributed by atoms with Gasteiger partial charge in [0, 0.05) is 18.1 Å². The number of nitrogens with zero attached hydrogens (tertiary/aromatic N) is 1. The molecule has 1 heterocycles. The van der Waals surface area contributed by atoms with Gasteiger partial charge < -0.3 is 9.30 Å². The zero-order valence-corrected chi connectivity index (χ0v) is 10.6. The molecule has 0 radical (unpaired) electrons. The number of hydrogen-bond acceptors (Lipinski definition) is 1. The van der Waals surface area contributed by atoms with E-state index >= 15 is 0 Å². The molecule has 0 aliphatic rings. The Labute approximate surface area is 103 Å². The van der Waals surface area contributed by atoms with E-state index in [4.69, 9.17) is 4.74 Å². The highest BCUT2D eigenvalue weighted by Crippen LogP contribution is 2.27. The van der Waals surface area contributed by atoms with Gasteiger partial charge in [0.1, 0.15) is 5.75 Å². The van der Waals surface area contributed by atoms with Gasteiger partial charge in [0.15, 0.2) is 0 Å². The third kappa shape index (κ3) is 2.36. The van der Waals surface area contributed by atoms with Gasteiger partial charge in [-0.1, -0.05) is 25.1 Å². The second kappa shape index (κ2) is 5.09. The summed E-state index contributed by atoms with van der Waals surface area (Å²) in [6.45, 7) is 9.79. The van der Waals surface area contributed by atoms with Gasteiger partial charge in [-0.25, -0.2) is 0 Å². The number of aromatic nitrogens is 1. The summed E-state index contributed by atoms with van der Waals surface area (Å²) in [7, 11) is 0. The van der Waals surface area contributed by atoms with Crippen molar-refractivity contribution in [3.63, 3.8) is 0 Å². The Morgan fingerprint density at radius 2 is 2.12 bits per heavy atom. The minimum absolute atomic E-state index is 0.700. The third-order valence-electron chi connectivity index (χ3n) is 2.97. The van der Waals surface area contributed by atoms with Gasteiger partial charge in [0.05, 0.1) is 12.1 Å². The van der Waals surface area contributed by atoms with Crippen molar-refractivity contribution >= 4 is 10.9 Å². The summed E-state index contributed by atoms with van der Waals surface area (Å²) < 4.78 is 7.85. The maximum atomic E-state index is 5.63. The molecule has 1 aromatic heterocycles. The van der Waals surface area contributed by atoms with E-state index in [1.807, 2.05) is 19.1 Å². The van der Waals surface area contributed by atoms with Crippen LogP contribution in [0.4, 0.5) is 0 Å². The molecule has 0 spiro atoms. The fourth-order valence-corrected chi connectivity index (χ4v) is 1.97. The minimum Gasteiger partial charge on any atom is -0.493 e. The second-order valence-electron chi connectivity index (χ2n) is 4.17. The van der Waals surface area contributed by atoms with Crippen molar-refractivity contribution in [1.29, 1.82) is 0 Å². The standard InChI is InChI=1S/C15H19NO/c1-4-12(3)11-16-10-9-13-14(16)7-6-8-15(13)17-5-2/h6-10H,3-5,11H2,1-2H3.